The van der Waals surface area contributed by atoms with Gasteiger partial charge >= 0.3 is 0 Å². The molecule has 1 spiro atoms. The van der Waals surface area contributed by atoms with Crippen LogP contribution in [0.4, 0.5) is 0 Å². The van der Waals surface area contributed by atoms with Crippen LogP contribution in [0.3, 0.4) is 0 Å². The summed E-state index contributed by atoms with van der Waals surface area (Å²) >= 11 is 5.91. The summed E-state index contributed by atoms with van der Waals surface area (Å²) in [7, 11) is 1.45. The highest BCUT2D eigenvalue weighted by atomic mass is 35.5. The van der Waals surface area contributed by atoms with Gasteiger partial charge in [0.25, 0.3) is 5.56 Å². The largest absolute Gasteiger partial charge is 0.489 e. The summed E-state index contributed by atoms with van der Waals surface area (Å²) in [6, 6.07) is 0.114. The molecule has 1 aromatic rings. The van der Waals surface area contributed by atoms with Crippen LogP contribution < -0.4 is 10.3 Å². The predicted molar refractivity (Wildman–Crippen MR) is 80.1 cm³/mol. The zero-order chi connectivity index (χ0) is 14.9. The van der Waals surface area contributed by atoms with E-state index in [0.717, 1.165) is 25.7 Å². The van der Waals surface area contributed by atoms with Crippen LogP contribution in [-0.2, 0) is 4.74 Å². The Hall–Kier alpha value is -1.07. The van der Waals surface area contributed by atoms with E-state index in [1.807, 2.05) is 0 Å². The minimum Gasteiger partial charge on any atom is -0.489 e. The minimum atomic E-state index is -0.199. The number of nitrogens with zero attached hydrogens (tertiary/aromatic N) is 2. The molecule has 3 rings (SSSR count). The molecular weight excluding hydrogens is 292 g/mol. The van der Waals surface area contributed by atoms with Crippen molar-refractivity contribution in [2.24, 2.45) is 0 Å². The molecule has 0 radical (unpaired) electrons. The standard InChI is InChI=1S/C15H21ClN2O3/c1-20-12-13(16)17-10-18(14(12)19)11-5-8-21-15(9-11)6-3-2-4-7-15/h10-11H,2-9H2,1H3. The van der Waals surface area contributed by atoms with Gasteiger partial charge in [0.05, 0.1) is 19.0 Å². The van der Waals surface area contributed by atoms with E-state index in [9.17, 15) is 4.79 Å². The van der Waals surface area contributed by atoms with E-state index >= 15 is 0 Å². The average Bonchev–Trinajstić information content (AvgIpc) is 2.48. The summed E-state index contributed by atoms with van der Waals surface area (Å²) < 4.78 is 12.8. The summed E-state index contributed by atoms with van der Waals surface area (Å²) in [5.74, 6) is 0.128. The van der Waals surface area contributed by atoms with Crippen molar-refractivity contribution in [1.29, 1.82) is 0 Å². The van der Waals surface area contributed by atoms with Gasteiger partial charge in [-0.3, -0.25) is 9.36 Å². The van der Waals surface area contributed by atoms with E-state index < -0.39 is 0 Å². The van der Waals surface area contributed by atoms with Gasteiger partial charge in [0.2, 0.25) is 5.75 Å². The lowest BCUT2D eigenvalue weighted by Gasteiger charge is -2.43. The summed E-state index contributed by atoms with van der Waals surface area (Å²) in [5.41, 5.74) is -0.247. The lowest BCUT2D eigenvalue weighted by Crippen LogP contribution is -2.43. The molecule has 1 unspecified atom stereocenters. The number of hydrogen-bond donors (Lipinski definition) is 0. The topological polar surface area (TPSA) is 53.4 Å². The molecule has 2 heterocycles. The van der Waals surface area contributed by atoms with Crippen LogP contribution in [0.1, 0.15) is 51.0 Å². The highest BCUT2D eigenvalue weighted by Gasteiger charge is 2.39. The SMILES string of the molecule is COc1c(Cl)ncn(C2CCOC3(CCCCC3)C2)c1=O. The van der Waals surface area contributed by atoms with Crippen molar-refractivity contribution in [2.45, 2.75) is 56.6 Å². The number of methoxy groups -OCH3 is 1. The Morgan fingerprint density at radius 1 is 1.43 bits per heavy atom. The van der Waals surface area contributed by atoms with Crippen LogP contribution in [0.15, 0.2) is 11.1 Å². The van der Waals surface area contributed by atoms with Crippen molar-refractivity contribution in [3.63, 3.8) is 0 Å². The molecule has 1 aliphatic heterocycles. The number of hydrogen-bond acceptors (Lipinski definition) is 4. The minimum absolute atomic E-state index is 0.0481. The van der Waals surface area contributed by atoms with Gasteiger partial charge in [0.1, 0.15) is 0 Å². The molecule has 116 valence electrons. The molecule has 2 aliphatic rings. The van der Waals surface area contributed by atoms with Crippen LogP contribution in [0, 0.1) is 0 Å². The van der Waals surface area contributed by atoms with Crippen LogP contribution in [-0.4, -0.2) is 28.9 Å². The molecule has 1 aliphatic carbocycles. The second-order valence-corrected chi connectivity index (χ2v) is 6.38. The molecule has 6 heteroatoms. The maximum Gasteiger partial charge on any atom is 0.297 e. The van der Waals surface area contributed by atoms with E-state index in [2.05, 4.69) is 4.98 Å². The van der Waals surface area contributed by atoms with Crippen molar-refractivity contribution in [1.82, 2.24) is 9.55 Å². The second kappa shape index (κ2) is 5.97. The molecule has 0 bridgehead atoms. The predicted octanol–water partition coefficient (Wildman–Crippen LogP) is 2.96. The number of rotatable bonds is 2. The number of halogens is 1. The zero-order valence-corrected chi connectivity index (χ0v) is 13.1. The first kappa shape index (κ1) is 14.9. The summed E-state index contributed by atoms with van der Waals surface area (Å²) in [6.45, 7) is 0.696. The first-order valence-electron chi connectivity index (χ1n) is 7.60. The van der Waals surface area contributed by atoms with E-state index in [1.54, 1.807) is 10.9 Å². The van der Waals surface area contributed by atoms with Crippen molar-refractivity contribution in [2.75, 3.05) is 13.7 Å². The molecule has 2 fully saturated rings. The Bertz CT molecular complexity index is 561. The van der Waals surface area contributed by atoms with E-state index in [0.29, 0.717) is 6.61 Å². The molecule has 5 nitrogen and oxygen atoms in total. The van der Waals surface area contributed by atoms with Crippen LogP contribution >= 0.6 is 11.6 Å². The number of ether oxygens (including phenoxy) is 2. The van der Waals surface area contributed by atoms with Gasteiger partial charge in [0, 0.05) is 12.6 Å². The van der Waals surface area contributed by atoms with Gasteiger partial charge in [-0.25, -0.2) is 4.98 Å². The third-order valence-electron chi connectivity index (χ3n) is 4.74. The Morgan fingerprint density at radius 3 is 2.90 bits per heavy atom. The Kier molecular flexibility index (Phi) is 4.22. The summed E-state index contributed by atoms with van der Waals surface area (Å²) in [5, 5.41) is 0.123. The monoisotopic (exact) mass is 312 g/mol. The highest BCUT2D eigenvalue weighted by molar-refractivity contribution is 6.30. The van der Waals surface area contributed by atoms with Crippen LogP contribution in [0.2, 0.25) is 5.15 Å². The molecule has 21 heavy (non-hydrogen) atoms. The Morgan fingerprint density at radius 2 is 2.19 bits per heavy atom. The highest BCUT2D eigenvalue weighted by Crippen LogP contribution is 2.42. The molecule has 0 aromatic carbocycles. The Labute approximate surface area is 129 Å². The smallest absolute Gasteiger partial charge is 0.297 e. The van der Waals surface area contributed by atoms with Crippen molar-refractivity contribution in [3.8, 4) is 5.75 Å². The maximum absolute atomic E-state index is 12.5. The molecule has 1 saturated heterocycles. The lowest BCUT2D eigenvalue weighted by atomic mass is 9.78. The molecule has 1 aromatic heterocycles. The van der Waals surface area contributed by atoms with E-state index in [1.165, 1.54) is 26.4 Å². The summed E-state index contributed by atoms with van der Waals surface area (Å²) in [6.07, 6.45) is 9.14. The van der Waals surface area contributed by atoms with Crippen LogP contribution in [0.25, 0.3) is 0 Å². The van der Waals surface area contributed by atoms with E-state index in [-0.39, 0.29) is 28.1 Å². The molecular formula is C15H21ClN2O3. The molecule has 1 atom stereocenters. The molecule has 0 amide bonds. The first-order chi connectivity index (χ1) is 10.2. The van der Waals surface area contributed by atoms with Crippen molar-refractivity contribution < 1.29 is 9.47 Å². The van der Waals surface area contributed by atoms with Crippen molar-refractivity contribution >= 4 is 11.6 Å². The second-order valence-electron chi connectivity index (χ2n) is 6.02. The molecule has 1 saturated carbocycles. The first-order valence-corrected chi connectivity index (χ1v) is 7.98. The van der Waals surface area contributed by atoms with Gasteiger partial charge < -0.3 is 9.47 Å². The quantitative estimate of drug-likeness (QED) is 0.788. The summed E-state index contributed by atoms with van der Waals surface area (Å²) in [4.78, 5) is 16.5. The van der Waals surface area contributed by atoms with Gasteiger partial charge in [-0.1, -0.05) is 30.9 Å². The average molecular weight is 313 g/mol. The fraction of sp³-hybridized carbons (Fsp3) is 0.733. The van der Waals surface area contributed by atoms with Gasteiger partial charge in [-0.2, -0.15) is 0 Å². The maximum atomic E-state index is 12.5. The Balaban J connectivity index is 1.88. The fourth-order valence-electron chi connectivity index (χ4n) is 3.64. The van der Waals surface area contributed by atoms with Crippen molar-refractivity contribution in [3.05, 3.63) is 21.8 Å². The zero-order valence-electron chi connectivity index (χ0n) is 12.3. The third-order valence-corrected chi connectivity index (χ3v) is 5.01. The van der Waals surface area contributed by atoms with Gasteiger partial charge in [0.15, 0.2) is 5.15 Å². The van der Waals surface area contributed by atoms with E-state index in [4.69, 9.17) is 21.1 Å². The van der Waals surface area contributed by atoms with Gasteiger partial charge in [-0.05, 0) is 25.7 Å². The fourth-order valence-corrected chi connectivity index (χ4v) is 3.85. The van der Waals surface area contributed by atoms with Gasteiger partial charge in [-0.15, -0.1) is 0 Å². The normalized spacial score (nSPS) is 25.0. The van der Waals surface area contributed by atoms with Crippen LogP contribution in [0.5, 0.6) is 5.75 Å². The third kappa shape index (κ3) is 2.81. The molecule has 0 N–H and O–H groups in total. The number of aromatic nitrogens is 2. The lowest BCUT2D eigenvalue weighted by molar-refractivity contribution is -0.114.